The van der Waals surface area contributed by atoms with Crippen LogP contribution in [0, 0.1) is 0 Å². The zero-order chi connectivity index (χ0) is 22.2. The van der Waals surface area contributed by atoms with Gasteiger partial charge in [0.05, 0.1) is 12.4 Å². The Labute approximate surface area is 187 Å². The number of nitrogens with zero attached hydrogens (tertiary/aromatic N) is 2. The zero-order valence-corrected chi connectivity index (χ0v) is 19.4. The molecule has 0 bridgehead atoms. The van der Waals surface area contributed by atoms with Gasteiger partial charge in [0.25, 0.3) is 0 Å². The van der Waals surface area contributed by atoms with Gasteiger partial charge in [-0.25, -0.2) is 4.21 Å². The molecule has 2 aliphatic heterocycles. The summed E-state index contributed by atoms with van der Waals surface area (Å²) in [6, 6.07) is 14.5. The van der Waals surface area contributed by atoms with Crippen molar-refractivity contribution < 1.29 is 13.5 Å². The van der Waals surface area contributed by atoms with Crippen molar-refractivity contribution in [1.29, 1.82) is 0 Å². The van der Waals surface area contributed by atoms with E-state index < -0.39 is 16.8 Å². The van der Waals surface area contributed by atoms with Crippen molar-refractivity contribution in [3.8, 4) is 0 Å². The summed E-state index contributed by atoms with van der Waals surface area (Å²) in [5.41, 5.74) is 4.66. The maximum absolute atomic E-state index is 11.3. The summed E-state index contributed by atoms with van der Waals surface area (Å²) in [6.07, 6.45) is 8.36. The Hall–Kier alpha value is -2.41. The smallest absolute Gasteiger partial charge is 0.170 e. The van der Waals surface area contributed by atoms with E-state index in [-0.39, 0.29) is 11.2 Å². The summed E-state index contributed by atoms with van der Waals surface area (Å²) in [5.74, 6) is 0.139. The molecular formula is C25H30N2O3S. The molecule has 1 N–H and O–H groups in total. The van der Waals surface area contributed by atoms with Crippen molar-refractivity contribution in [1.82, 2.24) is 0 Å². The lowest BCUT2D eigenvalue weighted by atomic mass is 9.77. The second-order valence-corrected chi connectivity index (χ2v) is 9.77. The number of hydrogen-bond acceptors (Lipinski definition) is 4. The van der Waals surface area contributed by atoms with Crippen LogP contribution in [0.25, 0.3) is 6.08 Å². The quantitative estimate of drug-likeness (QED) is 0.529. The van der Waals surface area contributed by atoms with E-state index in [0.29, 0.717) is 6.61 Å². The maximum Gasteiger partial charge on any atom is 0.170 e. The number of allylic oxidation sites excluding steroid dienone is 2. The van der Waals surface area contributed by atoms with E-state index in [1.807, 2.05) is 26.2 Å². The molecule has 0 saturated carbocycles. The Morgan fingerprint density at radius 2 is 1.90 bits per heavy atom. The zero-order valence-electron chi connectivity index (χ0n) is 18.5. The van der Waals surface area contributed by atoms with Gasteiger partial charge in [0.2, 0.25) is 0 Å². The lowest BCUT2D eigenvalue weighted by molar-refractivity contribution is -0.000291. The molecule has 0 aliphatic carbocycles. The van der Waals surface area contributed by atoms with E-state index in [2.05, 4.69) is 78.3 Å². The molecule has 2 heterocycles. The normalized spacial score (nSPS) is 22.8. The van der Waals surface area contributed by atoms with E-state index in [0.717, 1.165) is 23.4 Å². The third kappa shape index (κ3) is 3.84. The van der Waals surface area contributed by atoms with Crippen molar-refractivity contribution in [2.75, 3.05) is 37.0 Å². The molecule has 2 unspecified atom stereocenters. The number of anilines is 2. The van der Waals surface area contributed by atoms with E-state index in [9.17, 15) is 8.76 Å². The number of rotatable bonds is 6. The van der Waals surface area contributed by atoms with Crippen LogP contribution in [0.4, 0.5) is 11.4 Å². The van der Waals surface area contributed by atoms with Crippen LogP contribution in [0.3, 0.4) is 0 Å². The second-order valence-electron chi connectivity index (χ2n) is 8.84. The summed E-state index contributed by atoms with van der Waals surface area (Å²) < 4.78 is 26.9. The van der Waals surface area contributed by atoms with Gasteiger partial charge in [-0.2, -0.15) is 0 Å². The van der Waals surface area contributed by atoms with Gasteiger partial charge in [0, 0.05) is 37.4 Å². The Bertz CT molecular complexity index is 1040. The molecule has 0 spiro atoms. The largest absolute Gasteiger partial charge is 0.378 e. The molecule has 0 aromatic heterocycles. The van der Waals surface area contributed by atoms with E-state index in [4.69, 9.17) is 4.74 Å². The number of ether oxygens (including phenoxy) is 1. The lowest BCUT2D eigenvalue weighted by Gasteiger charge is -2.39. The fourth-order valence-electron chi connectivity index (χ4n) is 4.69. The molecule has 0 amide bonds. The summed E-state index contributed by atoms with van der Waals surface area (Å²) in [5, 5.41) is 0. The van der Waals surface area contributed by atoms with Crippen molar-refractivity contribution in [3.63, 3.8) is 0 Å². The van der Waals surface area contributed by atoms with Gasteiger partial charge in [-0.15, -0.1) is 0 Å². The highest BCUT2D eigenvalue weighted by Gasteiger charge is 2.59. The molecule has 2 aliphatic rings. The molecule has 2 aromatic rings. The monoisotopic (exact) mass is 438 g/mol. The van der Waals surface area contributed by atoms with Crippen LogP contribution < -0.4 is 9.80 Å². The van der Waals surface area contributed by atoms with Crippen LogP contribution in [0.1, 0.15) is 30.5 Å². The SMILES string of the molecule is CN(C)c1ccc(C=CC=CC23OCCN2c2cc(CS(=O)O)ccc2C3(C)C)cc1. The molecule has 4 rings (SSSR count). The lowest BCUT2D eigenvalue weighted by Crippen LogP contribution is -2.51. The number of benzene rings is 2. The highest BCUT2D eigenvalue weighted by atomic mass is 32.2. The first kappa shape index (κ1) is 21.8. The average molecular weight is 439 g/mol. The first-order chi connectivity index (χ1) is 14.7. The van der Waals surface area contributed by atoms with Crippen LogP contribution in [0.2, 0.25) is 0 Å². The van der Waals surface area contributed by atoms with Crippen molar-refractivity contribution in [2.45, 2.75) is 30.7 Å². The summed E-state index contributed by atoms with van der Waals surface area (Å²) >= 11 is -1.85. The third-order valence-corrected chi connectivity index (χ3v) is 6.96. The minimum absolute atomic E-state index is 0.139. The van der Waals surface area contributed by atoms with Gasteiger partial charge < -0.3 is 19.1 Å². The van der Waals surface area contributed by atoms with Crippen molar-refractivity contribution in [3.05, 3.63) is 77.4 Å². The van der Waals surface area contributed by atoms with Gasteiger partial charge in [-0.1, -0.05) is 56.3 Å². The van der Waals surface area contributed by atoms with E-state index >= 15 is 0 Å². The molecule has 2 aromatic carbocycles. The van der Waals surface area contributed by atoms with Crippen molar-refractivity contribution in [2.24, 2.45) is 0 Å². The van der Waals surface area contributed by atoms with Crippen LogP contribution >= 0.6 is 0 Å². The number of fused-ring (bicyclic) bond motifs is 3. The van der Waals surface area contributed by atoms with Crippen LogP contribution in [0.15, 0.2) is 60.7 Å². The molecule has 1 fully saturated rings. The topological polar surface area (TPSA) is 53.0 Å². The Balaban J connectivity index is 1.60. The highest BCUT2D eigenvalue weighted by molar-refractivity contribution is 7.78. The first-order valence-corrected chi connectivity index (χ1v) is 11.8. The van der Waals surface area contributed by atoms with Crippen molar-refractivity contribution >= 4 is 28.5 Å². The molecule has 0 radical (unpaired) electrons. The Kier molecular flexibility index (Phi) is 5.81. The van der Waals surface area contributed by atoms with Crippen LogP contribution in [-0.4, -0.2) is 41.7 Å². The highest BCUT2D eigenvalue weighted by Crippen LogP contribution is 2.55. The van der Waals surface area contributed by atoms with E-state index in [1.54, 1.807) is 0 Å². The number of hydrogen-bond donors (Lipinski definition) is 1. The molecule has 31 heavy (non-hydrogen) atoms. The minimum atomic E-state index is -1.85. The second kappa shape index (κ2) is 8.26. The van der Waals surface area contributed by atoms with Gasteiger partial charge in [-0.3, -0.25) is 0 Å². The fourth-order valence-corrected chi connectivity index (χ4v) is 5.16. The molecular weight excluding hydrogens is 408 g/mol. The maximum atomic E-state index is 11.3. The van der Waals surface area contributed by atoms with Gasteiger partial charge in [-0.05, 0) is 41.0 Å². The predicted octanol–water partition coefficient (Wildman–Crippen LogP) is 4.57. The standard InChI is InChI=1S/C25H30N2O3S/c1-24(2)22-13-10-20(18-31(28)29)17-23(22)27-15-16-30-25(24,27)14-6-5-7-19-8-11-21(12-9-19)26(3)4/h5-14,17H,15-16,18H2,1-4H3,(H,28,29). The molecule has 164 valence electrons. The van der Waals surface area contributed by atoms with Gasteiger partial charge in [0.15, 0.2) is 16.8 Å². The molecule has 1 saturated heterocycles. The molecule has 5 nitrogen and oxygen atoms in total. The van der Waals surface area contributed by atoms with Crippen LogP contribution in [0.5, 0.6) is 0 Å². The van der Waals surface area contributed by atoms with Gasteiger partial charge in [0.1, 0.15) is 0 Å². The Morgan fingerprint density at radius 3 is 2.58 bits per heavy atom. The summed E-state index contributed by atoms with van der Waals surface area (Å²) in [6.45, 7) is 5.85. The first-order valence-electron chi connectivity index (χ1n) is 10.5. The van der Waals surface area contributed by atoms with Gasteiger partial charge >= 0.3 is 0 Å². The third-order valence-electron chi connectivity index (χ3n) is 6.38. The predicted molar refractivity (Wildman–Crippen MR) is 129 cm³/mol. The molecule has 6 heteroatoms. The fraction of sp³-hybridized carbons (Fsp3) is 0.360. The summed E-state index contributed by atoms with van der Waals surface area (Å²) in [7, 11) is 4.07. The average Bonchev–Trinajstić information content (AvgIpc) is 3.22. The van der Waals surface area contributed by atoms with E-state index in [1.165, 1.54) is 11.3 Å². The minimum Gasteiger partial charge on any atom is -0.378 e. The molecule has 2 atom stereocenters. The summed E-state index contributed by atoms with van der Waals surface area (Å²) in [4.78, 5) is 4.38. The Morgan fingerprint density at radius 1 is 1.16 bits per heavy atom. The van der Waals surface area contributed by atoms with Crippen LogP contribution in [-0.2, 0) is 27.0 Å².